The second-order valence-corrected chi connectivity index (χ2v) is 7.53. The second-order valence-electron chi connectivity index (χ2n) is 4.95. The summed E-state index contributed by atoms with van der Waals surface area (Å²) < 4.78 is 13.6. The molecule has 0 heterocycles. The molecule has 0 aliphatic heterocycles. The highest BCUT2D eigenvalue weighted by molar-refractivity contribution is 9.10. The van der Waals surface area contributed by atoms with E-state index >= 15 is 0 Å². The van der Waals surface area contributed by atoms with Gasteiger partial charge in [0.25, 0.3) is 0 Å². The summed E-state index contributed by atoms with van der Waals surface area (Å²) in [6.07, 6.45) is 6.85. The van der Waals surface area contributed by atoms with Crippen LogP contribution in [0.4, 0.5) is 0 Å². The summed E-state index contributed by atoms with van der Waals surface area (Å²) in [5.74, 6) is 0. The Labute approximate surface area is 120 Å². The molecule has 2 rings (SSSR count). The lowest BCUT2D eigenvalue weighted by Gasteiger charge is -2.25. The van der Waals surface area contributed by atoms with Gasteiger partial charge in [-0.25, -0.2) is 0 Å². The summed E-state index contributed by atoms with van der Waals surface area (Å²) in [5.41, 5.74) is 6.21. The van der Waals surface area contributed by atoms with Gasteiger partial charge in [-0.1, -0.05) is 41.6 Å². The van der Waals surface area contributed by atoms with E-state index in [1.165, 1.54) is 19.3 Å². The quantitative estimate of drug-likeness (QED) is 0.900. The molecule has 0 radical (unpaired) electrons. The molecular formula is C14H20BrNOS. The molecule has 4 heteroatoms. The third-order valence-electron chi connectivity index (χ3n) is 3.57. The fourth-order valence-corrected chi connectivity index (χ4v) is 4.34. The highest BCUT2D eigenvalue weighted by atomic mass is 79.9. The van der Waals surface area contributed by atoms with Crippen LogP contribution in [0.3, 0.4) is 0 Å². The van der Waals surface area contributed by atoms with Crippen LogP contribution in [0.25, 0.3) is 0 Å². The van der Waals surface area contributed by atoms with Crippen molar-refractivity contribution in [2.45, 2.75) is 54.7 Å². The van der Waals surface area contributed by atoms with E-state index in [4.69, 9.17) is 5.73 Å². The molecule has 1 aromatic rings. The summed E-state index contributed by atoms with van der Waals surface area (Å²) in [6.45, 7) is 0. The summed E-state index contributed by atoms with van der Waals surface area (Å²) in [7, 11) is -0.973. The van der Waals surface area contributed by atoms with E-state index in [-0.39, 0.29) is 11.3 Å². The Kier molecular flexibility index (Phi) is 5.39. The SMILES string of the molecule is NC1CCCCCCC1S(=O)c1ccc(Br)cc1. The van der Waals surface area contributed by atoms with Gasteiger partial charge >= 0.3 is 0 Å². The third kappa shape index (κ3) is 3.65. The zero-order valence-electron chi connectivity index (χ0n) is 10.5. The standard InChI is InChI=1S/C14H20BrNOS/c15-11-7-9-12(10-8-11)18(17)14-6-4-2-1-3-5-13(14)16/h7-10,13-14H,1-6,16H2. The van der Waals surface area contributed by atoms with Gasteiger partial charge in [-0.05, 0) is 37.1 Å². The van der Waals surface area contributed by atoms with Crippen molar-refractivity contribution in [3.05, 3.63) is 28.7 Å². The summed E-state index contributed by atoms with van der Waals surface area (Å²) >= 11 is 3.40. The van der Waals surface area contributed by atoms with Crippen molar-refractivity contribution in [1.82, 2.24) is 0 Å². The predicted octanol–water partition coefficient (Wildman–Crippen LogP) is 3.61. The molecule has 2 nitrogen and oxygen atoms in total. The van der Waals surface area contributed by atoms with Gasteiger partial charge in [0.1, 0.15) is 0 Å². The lowest BCUT2D eigenvalue weighted by molar-refractivity contribution is 0.456. The van der Waals surface area contributed by atoms with Crippen molar-refractivity contribution in [3.8, 4) is 0 Å². The van der Waals surface area contributed by atoms with Gasteiger partial charge in [0, 0.05) is 15.4 Å². The zero-order valence-corrected chi connectivity index (χ0v) is 12.9. The van der Waals surface area contributed by atoms with Gasteiger partial charge in [0.05, 0.1) is 16.0 Å². The van der Waals surface area contributed by atoms with Crippen LogP contribution >= 0.6 is 15.9 Å². The fourth-order valence-electron chi connectivity index (χ4n) is 2.49. The largest absolute Gasteiger partial charge is 0.327 e. The van der Waals surface area contributed by atoms with Crippen LogP contribution in [0, 0.1) is 0 Å². The van der Waals surface area contributed by atoms with Gasteiger partial charge in [0.2, 0.25) is 0 Å². The Balaban J connectivity index is 2.12. The minimum atomic E-state index is -0.973. The highest BCUT2D eigenvalue weighted by Crippen LogP contribution is 2.24. The van der Waals surface area contributed by atoms with E-state index in [0.29, 0.717) is 0 Å². The van der Waals surface area contributed by atoms with E-state index in [1.54, 1.807) is 0 Å². The minimum Gasteiger partial charge on any atom is -0.327 e. The number of hydrogen-bond donors (Lipinski definition) is 1. The molecule has 0 bridgehead atoms. The maximum Gasteiger partial charge on any atom is 0.0576 e. The number of halogens is 1. The molecule has 1 saturated carbocycles. The third-order valence-corrected chi connectivity index (χ3v) is 5.98. The Morgan fingerprint density at radius 3 is 2.33 bits per heavy atom. The lowest BCUT2D eigenvalue weighted by Crippen LogP contribution is -2.38. The van der Waals surface area contributed by atoms with Crippen molar-refractivity contribution in [3.63, 3.8) is 0 Å². The highest BCUT2D eigenvalue weighted by Gasteiger charge is 2.25. The fraction of sp³-hybridized carbons (Fsp3) is 0.571. The van der Waals surface area contributed by atoms with Crippen LogP contribution < -0.4 is 5.73 Å². The van der Waals surface area contributed by atoms with E-state index in [1.807, 2.05) is 24.3 Å². The molecule has 1 aliphatic carbocycles. The van der Waals surface area contributed by atoms with Gasteiger partial charge in [-0.2, -0.15) is 0 Å². The van der Waals surface area contributed by atoms with Gasteiger partial charge in [-0.3, -0.25) is 4.21 Å². The monoisotopic (exact) mass is 329 g/mol. The molecule has 1 aliphatic rings. The van der Waals surface area contributed by atoms with E-state index in [0.717, 1.165) is 28.6 Å². The molecule has 0 spiro atoms. The van der Waals surface area contributed by atoms with Crippen LogP contribution in [0.1, 0.15) is 38.5 Å². The average molecular weight is 330 g/mol. The van der Waals surface area contributed by atoms with E-state index < -0.39 is 10.8 Å². The number of nitrogens with two attached hydrogens (primary N) is 1. The van der Waals surface area contributed by atoms with Gasteiger partial charge < -0.3 is 5.73 Å². The van der Waals surface area contributed by atoms with Crippen molar-refractivity contribution in [2.24, 2.45) is 5.73 Å². The molecule has 1 fully saturated rings. The first-order valence-electron chi connectivity index (χ1n) is 6.60. The van der Waals surface area contributed by atoms with Crippen LogP contribution in [-0.2, 0) is 10.8 Å². The molecule has 100 valence electrons. The zero-order chi connectivity index (χ0) is 13.0. The van der Waals surface area contributed by atoms with Crippen LogP contribution in [0.5, 0.6) is 0 Å². The van der Waals surface area contributed by atoms with Crippen molar-refractivity contribution in [2.75, 3.05) is 0 Å². The Bertz CT molecular complexity index is 407. The van der Waals surface area contributed by atoms with E-state index in [2.05, 4.69) is 15.9 Å². The molecular weight excluding hydrogens is 310 g/mol. The Morgan fingerprint density at radius 1 is 1.06 bits per heavy atom. The van der Waals surface area contributed by atoms with E-state index in [9.17, 15) is 4.21 Å². The average Bonchev–Trinajstić information content (AvgIpc) is 2.35. The number of rotatable bonds is 2. The summed E-state index contributed by atoms with van der Waals surface area (Å²) in [6, 6.07) is 7.84. The predicted molar refractivity (Wildman–Crippen MR) is 80.0 cm³/mol. The second kappa shape index (κ2) is 6.83. The molecule has 1 aromatic carbocycles. The molecule has 0 aromatic heterocycles. The van der Waals surface area contributed by atoms with Crippen molar-refractivity contribution >= 4 is 26.7 Å². The number of benzene rings is 1. The van der Waals surface area contributed by atoms with Crippen LogP contribution in [0.15, 0.2) is 33.6 Å². The maximum atomic E-state index is 12.6. The van der Waals surface area contributed by atoms with Crippen LogP contribution in [0.2, 0.25) is 0 Å². The Hall–Kier alpha value is -0.190. The first kappa shape index (κ1) is 14.2. The molecule has 18 heavy (non-hydrogen) atoms. The first-order chi connectivity index (χ1) is 8.68. The summed E-state index contributed by atoms with van der Waals surface area (Å²) in [4.78, 5) is 0.902. The smallest absolute Gasteiger partial charge is 0.0576 e. The molecule has 3 atom stereocenters. The van der Waals surface area contributed by atoms with Crippen LogP contribution in [-0.4, -0.2) is 15.5 Å². The Morgan fingerprint density at radius 2 is 1.67 bits per heavy atom. The van der Waals surface area contributed by atoms with Crippen molar-refractivity contribution < 1.29 is 4.21 Å². The van der Waals surface area contributed by atoms with Crippen molar-refractivity contribution in [1.29, 1.82) is 0 Å². The summed E-state index contributed by atoms with van der Waals surface area (Å²) in [5, 5.41) is 0.117. The normalized spacial score (nSPS) is 27.2. The van der Waals surface area contributed by atoms with Gasteiger partial charge in [0.15, 0.2) is 0 Å². The minimum absolute atomic E-state index is 0.0785. The molecule has 0 saturated heterocycles. The topological polar surface area (TPSA) is 43.1 Å². The lowest BCUT2D eigenvalue weighted by atomic mass is 9.97. The maximum absolute atomic E-state index is 12.6. The van der Waals surface area contributed by atoms with Gasteiger partial charge in [-0.15, -0.1) is 0 Å². The number of hydrogen-bond acceptors (Lipinski definition) is 2. The molecule has 3 unspecified atom stereocenters. The first-order valence-corrected chi connectivity index (χ1v) is 8.61. The molecule has 2 N–H and O–H groups in total. The molecule has 0 amide bonds.